The van der Waals surface area contributed by atoms with Crippen LogP contribution in [0.3, 0.4) is 0 Å². The van der Waals surface area contributed by atoms with E-state index in [0.29, 0.717) is 13.0 Å². The molecule has 0 radical (unpaired) electrons. The number of aliphatic imine (C=N–C) groups is 1. The Bertz CT molecular complexity index is 372. The fraction of sp³-hybridized carbons (Fsp3) is 0.750. The van der Waals surface area contributed by atoms with Gasteiger partial charge in [0.25, 0.3) is 0 Å². The number of nitrogens with two attached hydrogens (primary N) is 2. The van der Waals surface area contributed by atoms with Crippen LogP contribution in [0.15, 0.2) is 4.99 Å². The molecule has 0 rings (SSSR count). The van der Waals surface area contributed by atoms with Gasteiger partial charge in [-0.25, -0.2) is 9.59 Å². The quantitative estimate of drug-likeness (QED) is 0.367. The Hall–Kier alpha value is -1.99. The van der Waals surface area contributed by atoms with Crippen molar-refractivity contribution in [1.29, 1.82) is 0 Å². The number of guanidine groups is 1. The first-order valence-corrected chi connectivity index (χ1v) is 6.28. The predicted octanol–water partition coefficient (Wildman–Crippen LogP) is 0.360. The molecular weight excluding hydrogens is 264 g/mol. The summed E-state index contributed by atoms with van der Waals surface area (Å²) in [6, 6.07) is -0.973. The summed E-state index contributed by atoms with van der Waals surface area (Å²) in [6.45, 7) is 5.46. The van der Waals surface area contributed by atoms with Gasteiger partial charge in [-0.2, -0.15) is 0 Å². The van der Waals surface area contributed by atoms with E-state index < -0.39 is 23.7 Å². The van der Waals surface area contributed by atoms with E-state index in [4.69, 9.17) is 21.3 Å². The molecule has 0 spiro atoms. The molecule has 0 aromatic heterocycles. The van der Waals surface area contributed by atoms with Gasteiger partial charge in [-0.05, 0) is 33.6 Å². The second-order valence-corrected chi connectivity index (χ2v) is 5.39. The number of rotatable bonds is 6. The van der Waals surface area contributed by atoms with Crippen molar-refractivity contribution in [3.63, 3.8) is 0 Å². The topological polar surface area (TPSA) is 131 Å². The van der Waals surface area contributed by atoms with Gasteiger partial charge in [0.15, 0.2) is 5.96 Å². The van der Waals surface area contributed by atoms with Crippen LogP contribution in [0.25, 0.3) is 0 Å². The maximum absolute atomic E-state index is 11.8. The summed E-state index contributed by atoms with van der Waals surface area (Å²) in [5, 5.41) is 9.16. The molecule has 0 aliphatic heterocycles. The first-order valence-electron chi connectivity index (χ1n) is 6.28. The zero-order chi connectivity index (χ0) is 15.9. The molecule has 0 aromatic rings. The van der Waals surface area contributed by atoms with E-state index in [1.807, 2.05) is 0 Å². The Kier molecular flexibility index (Phi) is 6.81. The Morgan fingerprint density at radius 2 is 1.90 bits per heavy atom. The molecule has 0 saturated carbocycles. The van der Waals surface area contributed by atoms with Gasteiger partial charge < -0.3 is 21.3 Å². The summed E-state index contributed by atoms with van der Waals surface area (Å²) >= 11 is 0. The molecule has 8 heteroatoms. The summed E-state index contributed by atoms with van der Waals surface area (Å²) in [7, 11) is 1.40. The summed E-state index contributed by atoms with van der Waals surface area (Å²) in [6.07, 6.45) is 0.0101. The lowest BCUT2D eigenvalue weighted by molar-refractivity contribution is -0.142. The fourth-order valence-electron chi connectivity index (χ4n) is 1.44. The molecule has 0 bridgehead atoms. The molecule has 0 aliphatic rings. The zero-order valence-corrected chi connectivity index (χ0v) is 12.4. The van der Waals surface area contributed by atoms with Crippen molar-refractivity contribution in [1.82, 2.24) is 4.90 Å². The summed E-state index contributed by atoms with van der Waals surface area (Å²) < 4.78 is 5.13. The van der Waals surface area contributed by atoms with E-state index in [1.54, 1.807) is 20.8 Å². The molecular formula is C12H24N4O4. The van der Waals surface area contributed by atoms with Gasteiger partial charge >= 0.3 is 12.1 Å². The number of ether oxygens (including phenoxy) is 1. The smallest absolute Gasteiger partial charge is 0.410 e. The molecule has 0 fully saturated rings. The number of likely N-dealkylation sites (N-methyl/N-ethyl adjacent to an activating group) is 1. The van der Waals surface area contributed by atoms with Crippen LogP contribution in [-0.4, -0.2) is 53.3 Å². The van der Waals surface area contributed by atoms with Crippen LogP contribution >= 0.6 is 0 Å². The molecule has 1 amide bonds. The van der Waals surface area contributed by atoms with Crippen molar-refractivity contribution < 1.29 is 19.4 Å². The zero-order valence-electron chi connectivity index (χ0n) is 12.4. The van der Waals surface area contributed by atoms with Crippen LogP contribution in [-0.2, 0) is 9.53 Å². The molecule has 0 aliphatic carbocycles. The second-order valence-electron chi connectivity index (χ2n) is 5.39. The van der Waals surface area contributed by atoms with E-state index in [-0.39, 0.29) is 12.4 Å². The largest absolute Gasteiger partial charge is 0.480 e. The van der Waals surface area contributed by atoms with Crippen LogP contribution in [0.1, 0.15) is 33.6 Å². The molecule has 20 heavy (non-hydrogen) atoms. The average molecular weight is 288 g/mol. The second kappa shape index (κ2) is 7.56. The lowest BCUT2D eigenvalue weighted by Crippen LogP contribution is -2.44. The summed E-state index contributed by atoms with van der Waals surface area (Å²) in [5.41, 5.74) is 9.67. The van der Waals surface area contributed by atoms with Gasteiger partial charge in [0.1, 0.15) is 11.6 Å². The first kappa shape index (κ1) is 18.0. The van der Waals surface area contributed by atoms with Crippen molar-refractivity contribution in [2.45, 2.75) is 45.3 Å². The Balaban J connectivity index is 4.55. The van der Waals surface area contributed by atoms with Crippen LogP contribution < -0.4 is 11.5 Å². The Morgan fingerprint density at radius 3 is 2.30 bits per heavy atom. The summed E-state index contributed by atoms with van der Waals surface area (Å²) in [5.74, 6) is -1.14. The number of hydrogen-bond donors (Lipinski definition) is 3. The SMILES string of the molecule is CN(C(=O)OC(C)(C)C)[C@@H](CCCN=C(N)N)C(=O)O. The monoisotopic (exact) mass is 288 g/mol. The highest BCUT2D eigenvalue weighted by molar-refractivity contribution is 5.80. The molecule has 8 nitrogen and oxygen atoms in total. The number of aliphatic carboxylic acids is 1. The molecule has 1 atom stereocenters. The number of carboxylic acid groups (broad SMARTS) is 1. The number of hydrogen-bond acceptors (Lipinski definition) is 4. The highest BCUT2D eigenvalue weighted by atomic mass is 16.6. The molecule has 116 valence electrons. The Labute approximate surface area is 118 Å². The number of carbonyl (C=O) groups excluding carboxylic acids is 1. The number of nitrogens with zero attached hydrogens (tertiary/aromatic N) is 2. The van der Waals surface area contributed by atoms with Crippen molar-refractivity contribution in [2.75, 3.05) is 13.6 Å². The minimum Gasteiger partial charge on any atom is -0.480 e. The van der Waals surface area contributed by atoms with E-state index in [1.165, 1.54) is 7.05 Å². The van der Waals surface area contributed by atoms with Gasteiger partial charge in [-0.1, -0.05) is 0 Å². The maximum atomic E-state index is 11.8. The van der Waals surface area contributed by atoms with E-state index >= 15 is 0 Å². The predicted molar refractivity (Wildman–Crippen MR) is 75.3 cm³/mol. The highest BCUT2D eigenvalue weighted by Gasteiger charge is 2.29. The molecule has 0 aromatic carbocycles. The number of carboxylic acids is 1. The molecule has 0 unspecified atom stereocenters. The number of carbonyl (C=O) groups is 2. The van der Waals surface area contributed by atoms with Crippen molar-refractivity contribution in [3.8, 4) is 0 Å². The lowest BCUT2D eigenvalue weighted by Gasteiger charge is -2.28. The third-order valence-electron chi connectivity index (χ3n) is 2.36. The highest BCUT2D eigenvalue weighted by Crippen LogP contribution is 2.13. The van der Waals surface area contributed by atoms with E-state index in [0.717, 1.165) is 4.90 Å². The van der Waals surface area contributed by atoms with Gasteiger partial charge in [0.2, 0.25) is 0 Å². The van der Waals surface area contributed by atoms with Crippen LogP contribution in [0, 0.1) is 0 Å². The maximum Gasteiger partial charge on any atom is 0.410 e. The van der Waals surface area contributed by atoms with E-state index in [9.17, 15) is 9.59 Å². The van der Waals surface area contributed by atoms with Crippen LogP contribution in [0.2, 0.25) is 0 Å². The standard InChI is InChI=1S/C12H24N4O4/c1-12(2,3)20-11(19)16(4)8(9(17)18)6-5-7-15-10(13)14/h8H,5-7H2,1-4H3,(H,17,18)(H4,13,14,15)/t8-/m0/s1. The van der Waals surface area contributed by atoms with Gasteiger partial charge in [-0.3, -0.25) is 9.89 Å². The average Bonchev–Trinajstić information content (AvgIpc) is 2.24. The van der Waals surface area contributed by atoms with Crippen molar-refractivity contribution in [2.24, 2.45) is 16.5 Å². The summed E-state index contributed by atoms with van der Waals surface area (Å²) in [4.78, 5) is 27.9. The molecule has 0 saturated heterocycles. The Morgan fingerprint density at radius 1 is 1.35 bits per heavy atom. The van der Waals surface area contributed by atoms with E-state index in [2.05, 4.69) is 4.99 Å². The third kappa shape index (κ3) is 7.45. The van der Waals surface area contributed by atoms with Gasteiger partial charge in [-0.15, -0.1) is 0 Å². The normalized spacial score (nSPS) is 12.4. The fourth-order valence-corrected chi connectivity index (χ4v) is 1.44. The minimum absolute atomic E-state index is 0.0441. The van der Waals surface area contributed by atoms with Crippen molar-refractivity contribution in [3.05, 3.63) is 0 Å². The first-order chi connectivity index (χ1) is 9.04. The van der Waals surface area contributed by atoms with Crippen LogP contribution in [0.5, 0.6) is 0 Å². The minimum atomic E-state index is -1.09. The lowest BCUT2D eigenvalue weighted by atomic mass is 10.1. The molecule has 0 heterocycles. The van der Waals surface area contributed by atoms with Gasteiger partial charge in [0, 0.05) is 13.6 Å². The van der Waals surface area contributed by atoms with Crippen molar-refractivity contribution >= 4 is 18.0 Å². The molecule has 5 N–H and O–H groups in total. The third-order valence-corrected chi connectivity index (χ3v) is 2.36. The van der Waals surface area contributed by atoms with Gasteiger partial charge in [0.05, 0.1) is 0 Å². The van der Waals surface area contributed by atoms with Crippen LogP contribution in [0.4, 0.5) is 4.79 Å². The number of amides is 1.